The van der Waals surface area contributed by atoms with Crippen molar-refractivity contribution in [3.05, 3.63) is 36.3 Å². The summed E-state index contributed by atoms with van der Waals surface area (Å²) in [7, 11) is 0. The highest BCUT2D eigenvalue weighted by Gasteiger charge is 2.46. The lowest BCUT2D eigenvalue weighted by atomic mass is 9.84. The average molecular weight is 282 g/mol. The monoisotopic (exact) mass is 282 g/mol. The van der Waals surface area contributed by atoms with Gasteiger partial charge in [0.2, 0.25) is 0 Å². The van der Waals surface area contributed by atoms with Gasteiger partial charge in [-0.25, -0.2) is 0 Å². The van der Waals surface area contributed by atoms with E-state index in [2.05, 4.69) is 0 Å². The number of allylic oxidation sites excluding steroid dienone is 2. The first-order valence-corrected chi connectivity index (χ1v) is 6.67. The van der Waals surface area contributed by atoms with E-state index in [9.17, 15) is 15.3 Å². The molecule has 20 heavy (non-hydrogen) atoms. The van der Waals surface area contributed by atoms with Gasteiger partial charge in [-0.05, 0) is 0 Å². The Morgan fingerprint density at radius 3 is 2.65 bits per heavy atom. The Labute approximate surface area is 116 Å². The van der Waals surface area contributed by atoms with Gasteiger partial charge in [0.15, 0.2) is 5.76 Å². The number of rotatable bonds is 0. The van der Waals surface area contributed by atoms with Crippen molar-refractivity contribution in [1.29, 1.82) is 0 Å². The summed E-state index contributed by atoms with van der Waals surface area (Å²) in [4.78, 5) is 0. The number of fused-ring (bicyclic) bond motifs is 4. The van der Waals surface area contributed by atoms with Gasteiger partial charge < -0.3 is 29.5 Å². The zero-order valence-electron chi connectivity index (χ0n) is 10.8. The minimum atomic E-state index is -1.32. The number of aliphatic hydroxyl groups is 3. The van der Waals surface area contributed by atoms with Gasteiger partial charge in [0.25, 0.3) is 0 Å². The minimum Gasteiger partial charge on any atom is -0.495 e. The largest absolute Gasteiger partial charge is 0.495 e. The fraction of sp³-hybridized carbons (Fsp3) is 0.571. The van der Waals surface area contributed by atoms with Crippen LogP contribution in [0.2, 0.25) is 0 Å². The Morgan fingerprint density at radius 1 is 1.00 bits per heavy atom. The number of aliphatic hydroxyl groups excluding tert-OH is 3. The molecule has 3 N–H and O–H groups in total. The Kier molecular flexibility index (Phi) is 3.80. The molecule has 0 aromatic heterocycles. The van der Waals surface area contributed by atoms with Crippen LogP contribution in [0.3, 0.4) is 0 Å². The van der Waals surface area contributed by atoms with Gasteiger partial charge in [-0.3, -0.25) is 0 Å². The van der Waals surface area contributed by atoms with Crippen molar-refractivity contribution in [1.82, 2.24) is 0 Å². The van der Waals surface area contributed by atoms with Crippen LogP contribution in [0.25, 0.3) is 0 Å². The predicted molar refractivity (Wildman–Crippen MR) is 68.4 cm³/mol. The Bertz CT molecular complexity index is 443. The van der Waals surface area contributed by atoms with E-state index in [0.29, 0.717) is 13.2 Å². The third-order valence-corrected chi connectivity index (χ3v) is 3.79. The van der Waals surface area contributed by atoms with Crippen LogP contribution in [0.15, 0.2) is 36.3 Å². The zero-order chi connectivity index (χ0) is 14.1. The molecule has 1 aliphatic carbocycles. The van der Waals surface area contributed by atoms with Crippen LogP contribution in [0.5, 0.6) is 0 Å². The second-order valence-corrected chi connectivity index (χ2v) is 5.08. The van der Waals surface area contributed by atoms with Crippen LogP contribution in [0.4, 0.5) is 0 Å². The first-order chi connectivity index (χ1) is 9.68. The molecular weight excluding hydrogens is 264 g/mol. The third-order valence-electron chi connectivity index (χ3n) is 3.79. The SMILES string of the molecule is OC1C2=COCCOC3C=CC=CC3C(O2)C(O)C1O. The Morgan fingerprint density at radius 2 is 1.80 bits per heavy atom. The fourth-order valence-electron chi connectivity index (χ4n) is 2.69. The standard InChI is InChI=1S/C14H18O6/c15-11-10-7-18-5-6-19-9-4-2-1-3-8(9)14(20-10)13(17)12(11)16/h1-4,7-9,11-17H,5-6H2. The third kappa shape index (κ3) is 2.35. The van der Waals surface area contributed by atoms with Crippen LogP contribution in [-0.2, 0) is 14.2 Å². The van der Waals surface area contributed by atoms with Gasteiger partial charge in [-0.2, -0.15) is 0 Å². The van der Waals surface area contributed by atoms with E-state index >= 15 is 0 Å². The lowest BCUT2D eigenvalue weighted by Crippen LogP contribution is -2.56. The number of ether oxygens (including phenoxy) is 3. The molecule has 0 aromatic rings. The van der Waals surface area contributed by atoms with E-state index in [1.807, 2.05) is 24.3 Å². The van der Waals surface area contributed by atoms with Gasteiger partial charge in [-0.15, -0.1) is 0 Å². The molecule has 6 nitrogen and oxygen atoms in total. The van der Waals surface area contributed by atoms with Crippen LogP contribution < -0.4 is 0 Å². The maximum absolute atomic E-state index is 10.2. The van der Waals surface area contributed by atoms with Gasteiger partial charge in [0.05, 0.1) is 12.7 Å². The summed E-state index contributed by atoms with van der Waals surface area (Å²) in [5.41, 5.74) is 0. The normalized spacial score (nSPS) is 43.9. The van der Waals surface area contributed by atoms with Crippen molar-refractivity contribution in [2.24, 2.45) is 5.92 Å². The summed E-state index contributed by atoms with van der Waals surface area (Å²) in [6.45, 7) is 0.717. The maximum atomic E-state index is 10.2. The molecule has 1 fully saturated rings. The van der Waals surface area contributed by atoms with E-state index in [4.69, 9.17) is 14.2 Å². The Hall–Kier alpha value is -1.34. The van der Waals surface area contributed by atoms with Crippen molar-refractivity contribution in [3.8, 4) is 0 Å². The lowest BCUT2D eigenvalue weighted by Gasteiger charge is -2.42. The van der Waals surface area contributed by atoms with Gasteiger partial charge in [0.1, 0.15) is 37.3 Å². The summed E-state index contributed by atoms with van der Waals surface area (Å²) < 4.78 is 16.6. The second kappa shape index (κ2) is 5.57. The summed E-state index contributed by atoms with van der Waals surface area (Å²) in [6.07, 6.45) is 3.98. The molecule has 3 aliphatic rings. The summed E-state index contributed by atoms with van der Waals surface area (Å²) >= 11 is 0. The maximum Gasteiger partial charge on any atom is 0.162 e. The molecule has 1 saturated heterocycles. The van der Waals surface area contributed by atoms with E-state index in [1.165, 1.54) is 6.26 Å². The van der Waals surface area contributed by atoms with Crippen molar-refractivity contribution in [3.63, 3.8) is 0 Å². The molecule has 2 aliphatic heterocycles. The highest BCUT2D eigenvalue weighted by Crippen LogP contribution is 2.33. The van der Waals surface area contributed by atoms with E-state index in [1.54, 1.807) is 0 Å². The molecule has 0 saturated carbocycles. The van der Waals surface area contributed by atoms with Crippen LogP contribution in [-0.4, -0.2) is 59.1 Å². The quantitative estimate of drug-likeness (QED) is 0.553. The molecule has 0 amide bonds. The van der Waals surface area contributed by atoms with Crippen LogP contribution in [0.1, 0.15) is 0 Å². The number of hydrogen-bond donors (Lipinski definition) is 3. The molecule has 110 valence electrons. The van der Waals surface area contributed by atoms with Gasteiger partial charge in [-0.1, -0.05) is 24.3 Å². The molecule has 0 spiro atoms. The molecule has 2 bridgehead atoms. The fourth-order valence-corrected chi connectivity index (χ4v) is 2.69. The molecule has 3 rings (SSSR count). The molecule has 0 aromatic carbocycles. The van der Waals surface area contributed by atoms with E-state index in [-0.39, 0.29) is 17.8 Å². The van der Waals surface area contributed by atoms with Gasteiger partial charge >= 0.3 is 0 Å². The first kappa shape index (κ1) is 13.6. The molecule has 0 radical (unpaired) electrons. The lowest BCUT2D eigenvalue weighted by molar-refractivity contribution is -0.179. The smallest absolute Gasteiger partial charge is 0.162 e. The van der Waals surface area contributed by atoms with E-state index < -0.39 is 24.4 Å². The predicted octanol–water partition coefficient (Wildman–Crippen LogP) is -0.533. The zero-order valence-corrected chi connectivity index (χ0v) is 10.8. The highest BCUT2D eigenvalue weighted by atomic mass is 16.6. The van der Waals surface area contributed by atoms with Crippen molar-refractivity contribution in [2.45, 2.75) is 30.5 Å². The molecule has 2 heterocycles. The van der Waals surface area contributed by atoms with Crippen LogP contribution >= 0.6 is 0 Å². The molecule has 6 unspecified atom stereocenters. The number of hydrogen-bond acceptors (Lipinski definition) is 6. The summed E-state index contributed by atoms with van der Waals surface area (Å²) in [6, 6.07) is 0. The average Bonchev–Trinajstić information content (AvgIpc) is 2.48. The van der Waals surface area contributed by atoms with E-state index in [0.717, 1.165) is 0 Å². The first-order valence-electron chi connectivity index (χ1n) is 6.67. The highest BCUT2D eigenvalue weighted by molar-refractivity contribution is 5.20. The molecule has 6 heteroatoms. The summed E-state index contributed by atoms with van der Waals surface area (Å²) in [5, 5.41) is 30.0. The Balaban J connectivity index is 1.93. The van der Waals surface area contributed by atoms with Crippen molar-refractivity contribution < 1.29 is 29.5 Å². The van der Waals surface area contributed by atoms with Crippen molar-refractivity contribution >= 4 is 0 Å². The second-order valence-electron chi connectivity index (χ2n) is 5.08. The van der Waals surface area contributed by atoms with Crippen LogP contribution in [0, 0.1) is 5.92 Å². The molecule has 6 atom stereocenters. The topological polar surface area (TPSA) is 88.4 Å². The minimum absolute atomic E-state index is 0.136. The molecular formula is C14H18O6. The summed E-state index contributed by atoms with van der Waals surface area (Å²) in [5.74, 6) is -0.102. The van der Waals surface area contributed by atoms with Crippen molar-refractivity contribution in [2.75, 3.05) is 13.2 Å². The van der Waals surface area contributed by atoms with Gasteiger partial charge in [0, 0.05) is 5.92 Å².